The minimum Gasteiger partial charge on any atom is -0.294 e. The Kier molecular flexibility index (Phi) is 22.7. The zero-order valence-electron chi connectivity index (χ0n) is 12.1. The predicted molar refractivity (Wildman–Crippen MR) is 96.6 cm³/mol. The van der Waals surface area contributed by atoms with Gasteiger partial charge in [0.2, 0.25) is 0 Å². The summed E-state index contributed by atoms with van der Waals surface area (Å²) in [5.41, 5.74) is 1.41. The summed E-state index contributed by atoms with van der Waals surface area (Å²) >= 11 is 0. The first-order valence-electron chi connectivity index (χ1n) is 6.55. The molecule has 0 aliphatic carbocycles. The van der Waals surface area contributed by atoms with Crippen LogP contribution in [0, 0.1) is 0 Å². The smallest absolute Gasteiger partial charge is 0.0169 e. The van der Waals surface area contributed by atoms with Gasteiger partial charge in [-0.3, -0.25) is 4.90 Å². The van der Waals surface area contributed by atoms with E-state index in [9.17, 15) is 0 Å². The molecule has 121 valence electrons. The van der Waals surface area contributed by atoms with Crippen molar-refractivity contribution in [2.45, 2.75) is 61.9 Å². The number of hydrogen-bond acceptors (Lipinski definition) is 1. The second kappa shape index (κ2) is 16.4. The Morgan fingerprint density at radius 3 is 1.48 bits per heavy atom. The third kappa shape index (κ3) is 12.3. The van der Waals surface area contributed by atoms with Crippen molar-refractivity contribution in [3.8, 4) is 0 Å². The Morgan fingerprint density at radius 1 is 0.810 bits per heavy atom. The van der Waals surface area contributed by atoms with Crippen molar-refractivity contribution in [3.05, 3.63) is 48.0 Å². The standard InChI is InChI=1S/C9H12.C7H13N.3CH4.Y/c1-8(2)9-6-4-3-5-7-9;1-7(2)8-5-3-4-6-8;;;;/h3-8H,1-2H3;3-4,7H,5-6H2,1-2H3;3*1H4;. The van der Waals surface area contributed by atoms with Crippen LogP contribution in [0.25, 0.3) is 0 Å². The van der Waals surface area contributed by atoms with Crippen LogP contribution in [0.4, 0.5) is 0 Å². The first-order valence-corrected chi connectivity index (χ1v) is 6.55. The largest absolute Gasteiger partial charge is 0.294 e. The summed E-state index contributed by atoms with van der Waals surface area (Å²) in [6.45, 7) is 11.2. The first kappa shape index (κ1) is 29.1. The van der Waals surface area contributed by atoms with Crippen LogP contribution in [0.5, 0.6) is 0 Å². The molecular weight excluding hydrogens is 331 g/mol. The summed E-state index contributed by atoms with van der Waals surface area (Å²) < 4.78 is 0. The molecule has 2 rings (SSSR count). The van der Waals surface area contributed by atoms with Crippen molar-refractivity contribution < 1.29 is 32.7 Å². The van der Waals surface area contributed by atoms with Crippen LogP contribution in [-0.4, -0.2) is 24.0 Å². The minimum atomic E-state index is 0. The molecule has 0 bridgehead atoms. The van der Waals surface area contributed by atoms with Gasteiger partial charge in [-0.1, -0.05) is 78.6 Å². The summed E-state index contributed by atoms with van der Waals surface area (Å²) in [6.07, 6.45) is 4.44. The van der Waals surface area contributed by atoms with Crippen LogP contribution in [0.15, 0.2) is 42.5 Å². The van der Waals surface area contributed by atoms with E-state index in [1.54, 1.807) is 0 Å². The predicted octanol–water partition coefficient (Wildman–Crippen LogP) is 5.98. The molecule has 0 fully saturated rings. The summed E-state index contributed by atoms with van der Waals surface area (Å²) in [5.74, 6) is 0.659. The maximum absolute atomic E-state index is 2.42. The molecule has 1 aliphatic heterocycles. The Labute approximate surface area is 160 Å². The van der Waals surface area contributed by atoms with Gasteiger partial charge in [0, 0.05) is 51.8 Å². The van der Waals surface area contributed by atoms with E-state index in [1.807, 2.05) is 6.07 Å². The van der Waals surface area contributed by atoms with Gasteiger partial charge in [-0.15, -0.1) is 0 Å². The van der Waals surface area contributed by atoms with Crippen LogP contribution in [0.2, 0.25) is 0 Å². The molecule has 2 heteroatoms. The van der Waals surface area contributed by atoms with Gasteiger partial charge in [-0.2, -0.15) is 0 Å². The first-order chi connectivity index (χ1) is 8.11. The SMILES string of the molecule is C.C.C.CC(C)N1CC=CC1.CC(C)c1ccccc1.[Y]. The molecule has 1 heterocycles. The van der Waals surface area contributed by atoms with E-state index in [4.69, 9.17) is 0 Å². The summed E-state index contributed by atoms with van der Waals surface area (Å²) in [5, 5.41) is 0. The molecule has 0 aromatic heterocycles. The molecule has 0 spiro atoms. The molecule has 1 aliphatic rings. The fourth-order valence-electron chi connectivity index (χ4n) is 1.75. The minimum absolute atomic E-state index is 0. The van der Waals surface area contributed by atoms with Crippen molar-refractivity contribution in [1.29, 1.82) is 0 Å². The van der Waals surface area contributed by atoms with Gasteiger partial charge in [0.1, 0.15) is 0 Å². The third-order valence-electron chi connectivity index (χ3n) is 3.04. The maximum atomic E-state index is 2.42. The fourth-order valence-corrected chi connectivity index (χ4v) is 1.75. The molecule has 1 radical (unpaired) electrons. The molecule has 0 saturated heterocycles. The van der Waals surface area contributed by atoms with Gasteiger partial charge in [-0.05, 0) is 25.3 Å². The Hall–Kier alpha value is 0.0239. The average Bonchev–Trinajstić information content (AvgIpc) is 2.84. The van der Waals surface area contributed by atoms with Crippen molar-refractivity contribution >= 4 is 0 Å². The topological polar surface area (TPSA) is 3.24 Å². The average molecular weight is 368 g/mol. The van der Waals surface area contributed by atoms with E-state index in [0.29, 0.717) is 12.0 Å². The van der Waals surface area contributed by atoms with Gasteiger partial charge in [0.05, 0.1) is 0 Å². The van der Waals surface area contributed by atoms with Crippen molar-refractivity contribution in [2.24, 2.45) is 0 Å². The molecule has 1 aromatic carbocycles. The van der Waals surface area contributed by atoms with Crippen molar-refractivity contribution in [3.63, 3.8) is 0 Å². The normalized spacial score (nSPS) is 12.3. The van der Waals surface area contributed by atoms with Crippen molar-refractivity contribution in [1.82, 2.24) is 4.90 Å². The third-order valence-corrected chi connectivity index (χ3v) is 3.04. The van der Waals surface area contributed by atoms with Crippen LogP contribution >= 0.6 is 0 Å². The summed E-state index contributed by atoms with van der Waals surface area (Å²) in [6, 6.07) is 11.2. The van der Waals surface area contributed by atoms with Gasteiger partial charge < -0.3 is 0 Å². The Morgan fingerprint density at radius 2 is 1.24 bits per heavy atom. The second-order valence-corrected chi connectivity index (χ2v) is 5.08. The second-order valence-electron chi connectivity index (χ2n) is 5.08. The monoisotopic (exact) mass is 368 g/mol. The van der Waals surface area contributed by atoms with Crippen molar-refractivity contribution in [2.75, 3.05) is 13.1 Å². The molecule has 1 nitrogen and oxygen atoms in total. The molecule has 0 N–H and O–H groups in total. The quantitative estimate of drug-likeness (QED) is 0.580. The maximum Gasteiger partial charge on any atom is 0.0169 e. The fraction of sp³-hybridized carbons (Fsp3) is 0.579. The number of hydrogen-bond donors (Lipinski definition) is 0. The Balaban J connectivity index is -0.000000116. The van der Waals surface area contributed by atoms with Gasteiger partial charge in [-0.25, -0.2) is 0 Å². The van der Waals surface area contributed by atoms with Gasteiger partial charge in [0.25, 0.3) is 0 Å². The molecule has 21 heavy (non-hydrogen) atoms. The molecule has 0 saturated carbocycles. The van der Waals surface area contributed by atoms with E-state index >= 15 is 0 Å². The van der Waals surface area contributed by atoms with Gasteiger partial charge >= 0.3 is 0 Å². The van der Waals surface area contributed by atoms with E-state index in [1.165, 1.54) is 5.56 Å². The molecular formula is C19H37NY. The number of rotatable bonds is 2. The summed E-state index contributed by atoms with van der Waals surface area (Å²) in [7, 11) is 0. The zero-order valence-corrected chi connectivity index (χ0v) is 15.0. The van der Waals surface area contributed by atoms with E-state index in [0.717, 1.165) is 13.1 Å². The summed E-state index contributed by atoms with van der Waals surface area (Å²) in [4.78, 5) is 2.42. The van der Waals surface area contributed by atoms with E-state index in [2.05, 4.69) is 69.0 Å². The van der Waals surface area contributed by atoms with E-state index < -0.39 is 0 Å². The van der Waals surface area contributed by atoms with Crippen LogP contribution in [0.1, 0.15) is 61.5 Å². The molecule has 0 amide bonds. The molecule has 1 aromatic rings. The zero-order chi connectivity index (χ0) is 12.7. The van der Waals surface area contributed by atoms with Crippen LogP contribution in [-0.2, 0) is 32.7 Å². The Bertz CT molecular complexity index is 323. The van der Waals surface area contributed by atoms with Crippen LogP contribution < -0.4 is 0 Å². The molecule has 0 unspecified atom stereocenters. The number of nitrogens with zero attached hydrogens (tertiary/aromatic N) is 1. The van der Waals surface area contributed by atoms with Gasteiger partial charge in [0.15, 0.2) is 0 Å². The molecule has 0 atom stereocenters. The number of benzene rings is 1. The van der Waals surface area contributed by atoms with E-state index in [-0.39, 0.29) is 55.0 Å². The van der Waals surface area contributed by atoms with Crippen LogP contribution in [0.3, 0.4) is 0 Å².